The Hall–Kier alpha value is -2.41. The van der Waals surface area contributed by atoms with Crippen LogP contribution < -0.4 is 10.7 Å². The van der Waals surface area contributed by atoms with E-state index in [4.69, 9.17) is 5.73 Å². The fourth-order valence-corrected chi connectivity index (χ4v) is 2.75. The smallest absolute Gasteiger partial charge is 0.286 e. The van der Waals surface area contributed by atoms with Crippen LogP contribution in [0.15, 0.2) is 24.3 Å². The Morgan fingerprint density at radius 1 is 1.26 bits per heavy atom. The lowest BCUT2D eigenvalue weighted by atomic mass is 9.94. The highest BCUT2D eigenvalue weighted by Crippen LogP contribution is 2.35. The van der Waals surface area contributed by atoms with Gasteiger partial charge in [0.1, 0.15) is 23.1 Å². The van der Waals surface area contributed by atoms with E-state index in [0.29, 0.717) is 22.5 Å². The predicted octanol–water partition coefficient (Wildman–Crippen LogP) is 2.25. The second-order valence-electron chi connectivity index (χ2n) is 4.69. The van der Waals surface area contributed by atoms with Gasteiger partial charge in [0.15, 0.2) is 0 Å². The molecular weight excluding hydrogens is 241 g/mol. The Bertz CT molecular complexity index is 701. The van der Waals surface area contributed by atoms with E-state index in [1.807, 2.05) is 0 Å². The summed E-state index contributed by atoms with van der Waals surface area (Å²) in [5.74, 6) is 0.0000954. The number of benzene rings is 1. The number of H-pyrrole nitrogens is 1. The van der Waals surface area contributed by atoms with Gasteiger partial charge in [-0.25, -0.2) is 9.37 Å². The van der Waals surface area contributed by atoms with Crippen LogP contribution in [0.1, 0.15) is 23.2 Å². The summed E-state index contributed by atoms with van der Waals surface area (Å²) in [6.07, 6.45) is 2.75. The highest BCUT2D eigenvalue weighted by atomic mass is 19.1. The summed E-state index contributed by atoms with van der Waals surface area (Å²) in [7, 11) is 0. The number of nitrogen functional groups attached to an aromatic ring is 1. The molecule has 2 aromatic rings. The minimum absolute atomic E-state index is 0.321. The lowest BCUT2D eigenvalue weighted by Gasteiger charge is -2.10. The van der Waals surface area contributed by atoms with E-state index in [1.165, 1.54) is 6.07 Å². The molecule has 19 heavy (non-hydrogen) atoms. The summed E-state index contributed by atoms with van der Waals surface area (Å²) in [6, 6.07) is 8.62. The van der Waals surface area contributed by atoms with Crippen molar-refractivity contribution in [2.75, 3.05) is 5.73 Å². The fourth-order valence-electron chi connectivity index (χ4n) is 2.75. The molecule has 0 bridgehead atoms. The van der Waals surface area contributed by atoms with Gasteiger partial charge in [0.2, 0.25) is 0 Å². The number of nitrogens with zero attached hydrogens (tertiary/aromatic N) is 1. The van der Waals surface area contributed by atoms with Crippen LogP contribution in [0.3, 0.4) is 0 Å². The Morgan fingerprint density at radius 2 is 2.05 bits per heavy atom. The van der Waals surface area contributed by atoms with Gasteiger partial charge in [-0.15, -0.1) is 0 Å². The number of hydrogen-bond donors (Lipinski definition) is 1. The number of nitrogens with one attached hydrogen (secondary N) is 1. The Kier molecular flexibility index (Phi) is 2.68. The highest BCUT2D eigenvalue weighted by Gasteiger charge is 2.27. The number of hydrogen-bond acceptors (Lipinski definition) is 2. The molecule has 0 saturated carbocycles. The quantitative estimate of drug-likeness (QED) is 0.848. The molecule has 1 aliphatic rings. The molecule has 0 atom stereocenters. The molecule has 3 N–H and O–H groups in total. The topological polar surface area (TPSA) is 64.0 Å². The molecule has 0 aliphatic heterocycles. The Morgan fingerprint density at radius 3 is 2.79 bits per heavy atom. The molecule has 0 unspecified atom stereocenters. The lowest BCUT2D eigenvalue weighted by molar-refractivity contribution is -0.372. The molecule has 0 saturated heterocycles. The maximum atomic E-state index is 14.0. The van der Waals surface area contributed by atoms with Gasteiger partial charge in [0.25, 0.3) is 5.82 Å². The molecule has 1 heterocycles. The van der Waals surface area contributed by atoms with Crippen LogP contribution in [0, 0.1) is 17.1 Å². The number of fused-ring (bicyclic) bond motifs is 1. The summed E-state index contributed by atoms with van der Waals surface area (Å²) in [6.45, 7) is 0. The molecule has 1 aromatic heterocycles. The van der Waals surface area contributed by atoms with Gasteiger partial charge in [0.05, 0.1) is 0 Å². The molecule has 0 radical (unpaired) electrons. The third kappa shape index (κ3) is 1.75. The van der Waals surface area contributed by atoms with Gasteiger partial charge in [0, 0.05) is 23.1 Å². The zero-order valence-electron chi connectivity index (χ0n) is 10.3. The third-order valence-corrected chi connectivity index (χ3v) is 3.58. The third-order valence-electron chi connectivity index (χ3n) is 3.58. The van der Waals surface area contributed by atoms with Crippen molar-refractivity contribution in [1.29, 1.82) is 5.26 Å². The van der Waals surface area contributed by atoms with Crippen molar-refractivity contribution in [3.8, 4) is 17.2 Å². The van der Waals surface area contributed by atoms with E-state index in [-0.39, 0.29) is 5.82 Å². The first-order chi connectivity index (χ1) is 9.22. The summed E-state index contributed by atoms with van der Waals surface area (Å²) < 4.78 is 14.0. The zero-order chi connectivity index (χ0) is 13.4. The number of rotatable bonds is 1. The SMILES string of the molecule is N#Cc1c(N)[nH+]c2c(c1-c1ccccc1F)CCC2. The number of aromatic nitrogens is 1. The summed E-state index contributed by atoms with van der Waals surface area (Å²) in [5, 5.41) is 9.31. The van der Waals surface area contributed by atoms with Gasteiger partial charge in [-0.1, -0.05) is 18.2 Å². The summed E-state index contributed by atoms with van der Waals surface area (Å²) in [5.41, 5.74) is 9.39. The van der Waals surface area contributed by atoms with Gasteiger partial charge < -0.3 is 0 Å². The number of pyridine rings is 1. The maximum absolute atomic E-state index is 14.0. The van der Waals surface area contributed by atoms with Crippen LogP contribution in [-0.2, 0) is 12.8 Å². The van der Waals surface area contributed by atoms with E-state index < -0.39 is 0 Å². The van der Waals surface area contributed by atoms with E-state index in [1.54, 1.807) is 18.2 Å². The minimum atomic E-state index is -0.321. The van der Waals surface area contributed by atoms with E-state index in [0.717, 1.165) is 30.5 Å². The molecule has 1 aliphatic carbocycles. The van der Waals surface area contributed by atoms with E-state index in [9.17, 15) is 9.65 Å². The number of nitrogens with two attached hydrogens (primary N) is 1. The van der Waals surface area contributed by atoms with Gasteiger partial charge in [-0.05, 0) is 18.9 Å². The minimum Gasteiger partial charge on any atom is -0.286 e. The highest BCUT2D eigenvalue weighted by molar-refractivity contribution is 5.78. The zero-order valence-corrected chi connectivity index (χ0v) is 10.3. The predicted molar refractivity (Wildman–Crippen MR) is 69.5 cm³/mol. The molecule has 3 nitrogen and oxygen atoms in total. The molecule has 3 rings (SSSR count). The number of halogens is 1. The van der Waals surface area contributed by atoms with Crippen molar-refractivity contribution in [3.05, 3.63) is 46.9 Å². The van der Waals surface area contributed by atoms with Crippen molar-refractivity contribution in [2.24, 2.45) is 0 Å². The average molecular weight is 254 g/mol. The fraction of sp³-hybridized carbons (Fsp3) is 0.200. The second-order valence-corrected chi connectivity index (χ2v) is 4.69. The Balaban J connectivity index is 2.38. The normalized spacial score (nSPS) is 13.1. The number of anilines is 1. The first-order valence-electron chi connectivity index (χ1n) is 6.24. The van der Waals surface area contributed by atoms with Crippen molar-refractivity contribution >= 4 is 5.82 Å². The van der Waals surface area contributed by atoms with Crippen LogP contribution in [-0.4, -0.2) is 0 Å². The monoisotopic (exact) mass is 254 g/mol. The van der Waals surface area contributed by atoms with Crippen LogP contribution in [0.5, 0.6) is 0 Å². The van der Waals surface area contributed by atoms with Crippen LogP contribution in [0.2, 0.25) is 0 Å². The largest absolute Gasteiger partial charge is 0.289 e. The Labute approximate surface area is 110 Å². The number of aromatic amines is 1. The molecular formula is C15H13FN3+. The van der Waals surface area contributed by atoms with Crippen LogP contribution >= 0.6 is 0 Å². The average Bonchev–Trinajstić information content (AvgIpc) is 2.85. The molecule has 94 valence electrons. The second kappa shape index (κ2) is 4.36. The van der Waals surface area contributed by atoms with Gasteiger partial charge in [-0.3, -0.25) is 5.73 Å². The van der Waals surface area contributed by atoms with Crippen molar-refractivity contribution in [1.82, 2.24) is 0 Å². The van der Waals surface area contributed by atoms with E-state index in [2.05, 4.69) is 11.1 Å². The van der Waals surface area contributed by atoms with Crippen molar-refractivity contribution in [2.45, 2.75) is 19.3 Å². The molecule has 0 amide bonds. The first kappa shape index (κ1) is 11.7. The summed E-state index contributed by atoms with van der Waals surface area (Å²) in [4.78, 5) is 3.07. The van der Waals surface area contributed by atoms with Gasteiger partial charge >= 0.3 is 0 Å². The number of aryl methyl sites for hydroxylation is 1. The summed E-state index contributed by atoms with van der Waals surface area (Å²) >= 11 is 0. The van der Waals surface area contributed by atoms with Crippen LogP contribution in [0.25, 0.3) is 11.1 Å². The van der Waals surface area contributed by atoms with Crippen LogP contribution in [0.4, 0.5) is 10.2 Å². The molecule has 1 aromatic carbocycles. The first-order valence-corrected chi connectivity index (χ1v) is 6.24. The van der Waals surface area contributed by atoms with Gasteiger partial charge in [-0.2, -0.15) is 5.26 Å². The lowest BCUT2D eigenvalue weighted by Crippen LogP contribution is -2.19. The van der Waals surface area contributed by atoms with Crippen molar-refractivity contribution in [3.63, 3.8) is 0 Å². The van der Waals surface area contributed by atoms with Crippen molar-refractivity contribution < 1.29 is 9.37 Å². The van der Waals surface area contributed by atoms with E-state index >= 15 is 0 Å². The maximum Gasteiger partial charge on any atom is 0.289 e. The molecule has 4 heteroatoms. The molecule has 0 fully saturated rings. The standard InChI is InChI=1S/C15H12FN3/c16-12-6-2-1-4-9(12)14-10-5-3-7-13(10)19-15(18)11(14)8-17/h1-2,4,6H,3,5,7H2,(H2,18,19)/p+1. The number of nitriles is 1. The molecule has 0 spiro atoms.